The molecule has 3 aromatic rings. The van der Waals surface area contributed by atoms with E-state index in [1.54, 1.807) is 0 Å². The van der Waals surface area contributed by atoms with Gasteiger partial charge in [-0.1, -0.05) is 0 Å². The fourth-order valence-corrected chi connectivity index (χ4v) is 5.36. The highest BCUT2D eigenvalue weighted by Gasteiger charge is 2.51. The summed E-state index contributed by atoms with van der Waals surface area (Å²) in [4.78, 5) is 14.1. The first kappa shape index (κ1) is 34.4. The molecular formula is C29H34O18. The smallest absolute Gasteiger partial charge is 0.239 e. The van der Waals surface area contributed by atoms with Gasteiger partial charge in [0.25, 0.3) is 0 Å². The molecule has 0 saturated carbocycles. The van der Waals surface area contributed by atoms with Gasteiger partial charge in [0.05, 0.1) is 27.4 Å². The fraction of sp³-hybridized carbons (Fsp3) is 0.483. The molecule has 258 valence electrons. The number of ether oxygens (including phenoxy) is 6. The van der Waals surface area contributed by atoms with E-state index < -0.39 is 114 Å². The standard InChI is InChI=1S/C29H34O18/c1-41-13-5-9(3-4-10(13)32)23-26(19(37)16-11(33)6-12(34)24(42-2)25(16)45-23)46-29-27(21(39)18(36)15(8-31)44-29)47-28-22(40)20(38)17(35)14(7-30)43-28/h3-6,14-15,17-18,20-22,27-36,38-40H,7-8H2,1-2H3/t14-,15-,17-,18-,20+,21+,22-,27-,28-,29-/m1/s1. The van der Waals surface area contributed by atoms with E-state index in [4.69, 9.17) is 32.8 Å². The minimum Gasteiger partial charge on any atom is -0.507 e. The van der Waals surface area contributed by atoms with Gasteiger partial charge < -0.3 is 83.9 Å². The Hall–Kier alpha value is -3.95. The predicted molar refractivity (Wildman–Crippen MR) is 153 cm³/mol. The van der Waals surface area contributed by atoms with Crippen LogP contribution >= 0.6 is 0 Å². The third kappa shape index (κ3) is 6.11. The zero-order chi connectivity index (χ0) is 34.3. The molecule has 18 heteroatoms. The van der Waals surface area contributed by atoms with Crippen molar-refractivity contribution in [3.63, 3.8) is 0 Å². The summed E-state index contributed by atoms with van der Waals surface area (Å²) < 4.78 is 38.9. The number of hydrogen-bond donors (Lipinski definition) is 10. The molecule has 2 aliphatic rings. The largest absolute Gasteiger partial charge is 0.507 e. The molecule has 5 rings (SSSR count). The molecule has 18 nitrogen and oxygen atoms in total. The van der Waals surface area contributed by atoms with E-state index in [1.807, 2.05) is 0 Å². The van der Waals surface area contributed by atoms with Crippen molar-refractivity contribution < 1.29 is 83.9 Å². The van der Waals surface area contributed by atoms with Gasteiger partial charge in [-0.15, -0.1) is 0 Å². The minimum atomic E-state index is -1.98. The normalized spacial score (nSPS) is 31.1. The van der Waals surface area contributed by atoms with Gasteiger partial charge >= 0.3 is 0 Å². The summed E-state index contributed by atoms with van der Waals surface area (Å²) in [5, 5.41) is 103. The molecule has 1 aromatic heterocycles. The Kier molecular flexibility index (Phi) is 9.99. The number of hydrogen-bond acceptors (Lipinski definition) is 18. The molecule has 10 N–H and O–H groups in total. The average molecular weight is 671 g/mol. The van der Waals surface area contributed by atoms with E-state index in [0.717, 1.165) is 13.2 Å². The lowest BCUT2D eigenvalue weighted by Gasteiger charge is -2.45. The molecule has 2 saturated heterocycles. The van der Waals surface area contributed by atoms with Crippen LogP contribution in [0.25, 0.3) is 22.3 Å². The summed E-state index contributed by atoms with van der Waals surface area (Å²) in [7, 11) is 2.42. The maximum absolute atomic E-state index is 14.1. The quantitative estimate of drug-likeness (QED) is 0.113. The lowest BCUT2D eigenvalue weighted by Crippen LogP contribution is -2.65. The van der Waals surface area contributed by atoms with Crippen molar-refractivity contribution in [2.45, 2.75) is 61.4 Å². The Morgan fingerprint density at radius 2 is 1.36 bits per heavy atom. The number of aliphatic hydroxyl groups is 7. The van der Waals surface area contributed by atoms with Crippen LogP contribution in [-0.2, 0) is 14.2 Å². The molecule has 2 fully saturated rings. The van der Waals surface area contributed by atoms with E-state index in [2.05, 4.69) is 0 Å². The fourth-order valence-electron chi connectivity index (χ4n) is 5.36. The maximum atomic E-state index is 14.1. The van der Waals surface area contributed by atoms with Crippen molar-refractivity contribution in [2.75, 3.05) is 27.4 Å². The topological polar surface area (TPSA) is 288 Å². The molecule has 2 aromatic carbocycles. The summed E-state index contributed by atoms with van der Waals surface area (Å²) in [6, 6.07) is 4.56. The first-order valence-electron chi connectivity index (χ1n) is 14.1. The number of benzene rings is 2. The Balaban J connectivity index is 1.66. The van der Waals surface area contributed by atoms with E-state index in [-0.39, 0.29) is 22.8 Å². The van der Waals surface area contributed by atoms with Crippen LogP contribution in [0.5, 0.6) is 34.5 Å². The number of aromatic hydroxyl groups is 3. The summed E-state index contributed by atoms with van der Waals surface area (Å²) in [5.74, 6) is -3.18. The number of phenols is 3. The minimum absolute atomic E-state index is 0.0278. The Morgan fingerprint density at radius 1 is 0.723 bits per heavy atom. The van der Waals surface area contributed by atoms with Crippen molar-refractivity contribution in [3.8, 4) is 45.8 Å². The van der Waals surface area contributed by atoms with Crippen LogP contribution in [0.15, 0.2) is 33.5 Å². The predicted octanol–water partition coefficient (Wildman–Crippen LogP) is -2.40. The zero-order valence-electron chi connectivity index (χ0n) is 24.7. The SMILES string of the molecule is COc1cc(-c2oc3c(OC)c(O)cc(O)c3c(=O)c2O[C@H]2O[C@H](CO)[C@@H](O)[C@H](O)[C@H]2O[C@H]2O[C@H](CO)[C@@H](O)[C@H](O)[C@H]2O)ccc1O. The maximum Gasteiger partial charge on any atom is 0.239 e. The van der Waals surface area contributed by atoms with Gasteiger partial charge in [-0.2, -0.15) is 0 Å². The molecule has 0 radical (unpaired) electrons. The summed E-state index contributed by atoms with van der Waals surface area (Å²) in [5.41, 5.74) is -1.48. The molecular weight excluding hydrogens is 636 g/mol. The van der Waals surface area contributed by atoms with Gasteiger partial charge in [0.2, 0.25) is 23.2 Å². The van der Waals surface area contributed by atoms with Crippen molar-refractivity contribution in [3.05, 3.63) is 34.5 Å². The second-order valence-electron chi connectivity index (χ2n) is 10.8. The highest BCUT2D eigenvalue weighted by atomic mass is 16.8. The van der Waals surface area contributed by atoms with E-state index in [0.29, 0.717) is 0 Å². The molecule has 0 spiro atoms. The molecule has 47 heavy (non-hydrogen) atoms. The number of rotatable bonds is 9. The molecule has 0 aliphatic carbocycles. The molecule has 0 bridgehead atoms. The Bertz CT molecular complexity index is 1640. The first-order valence-corrected chi connectivity index (χ1v) is 14.1. The number of fused-ring (bicyclic) bond motifs is 1. The molecule has 2 aliphatic heterocycles. The summed E-state index contributed by atoms with van der Waals surface area (Å²) in [6.45, 7) is -1.68. The number of phenolic OH excluding ortho intramolecular Hbond substituents is 3. The van der Waals surface area contributed by atoms with Crippen molar-refractivity contribution in [1.29, 1.82) is 0 Å². The van der Waals surface area contributed by atoms with Gasteiger partial charge in [0.15, 0.2) is 41.0 Å². The van der Waals surface area contributed by atoms with Gasteiger partial charge in [-0.25, -0.2) is 0 Å². The number of aliphatic hydroxyl groups excluding tert-OH is 7. The third-order valence-electron chi connectivity index (χ3n) is 7.88. The molecule has 0 amide bonds. The zero-order valence-corrected chi connectivity index (χ0v) is 24.7. The monoisotopic (exact) mass is 670 g/mol. The Labute approximate surface area is 264 Å². The molecule has 10 atom stereocenters. The highest BCUT2D eigenvalue weighted by molar-refractivity contribution is 5.93. The summed E-state index contributed by atoms with van der Waals surface area (Å²) >= 11 is 0. The van der Waals surface area contributed by atoms with Crippen LogP contribution in [0.4, 0.5) is 0 Å². The van der Waals surface area contributed by atoms with Crippen molar-refractivity contribution in [2.24, 2.45) is 0 Å². The van der Waals surface area contributed by atoms with Gasteiger partial charge in [0, 0.05) is 11.6 Å². The van der Waals surface area contributed by atoms with Gasteiger partial charge in [-0.3, -0.25) is 4.79 Å². The van der Waals surface area contributed by atoms with Crippen LogP contribution in [0.1, 0.15) is 0 Å². The van der Waals surface area contributed by atoms with Crippen LogP contribution in [0.2, 0.25) is 0 Å². The van der Waals surface area contributed by atoms with Crippen LogP contribution in [-0.4, -0.2) is 140 Å². The summed E-state index contributed by atoms with van der Waals surface area (Å²) in [6.07, 6.45) is -18.1. The van der Waals surface area contributed by atoms with Crippen LogP contribution in [0, 0.1) is 0 Å². The van der Waals surface area contributed by atoms with Crippen molar-refractivity contribution in [1.82, 2.24) is 0 Å². The van der Waals surface area contributed by atoms with E-state index in [9.17, 15) is 55.9 Å². The average Bonchev–Trinajstić information content (AvgIpc) is 3.05. The highest BCUT2D eigenvalue weighted by Crippen LogP contribution is 2.44. The third-order valence-corrected chi connectivity index (χ3v) is 7.88. The van der Waals surface area contributed by atoms with E-state index >= 15 is 0 Å². The second-order valence-corrected chi connectivity index (χ2v) is 10.8. The second kappa shape index (κ2) is 13.6. The number of methoxy groups -OCH3 is 2. The first-order chi connectivity index (χ1) is 22.4. The van der Waals surface area contributed by atoms with Gasteiger partial charge in [-0.05, 0) is 18.2 Å². The lowest BCUT2D eigenvalue weighted by molar-refractivity contribution is -0.358. The van der Waals surface area contributed by atoms with E-state index in [1.165, 1.54) is 25.3 Å². The van der Waals surface area contributed by atoms with Gasteiger partial charge in [0.1, 0.15) is 53.9 Å². The Morgan fingerprint density at radius 3 is 1.98 bits per heavy atom. The molecule has 0 unspecified atom stereocenters. The molecule has 3 heterocycles. The lowest BCUT2D eigenvalue weighted by atomic mass is 9.97. The van der Waals surface area contributed by atoms with Crippen LogP contribution < -0.4 is 19.6 Å². The van der Waals surface area contributed by atoms with Crippen molar-refractivity contribution >= 4 is 11.0 Å². The van der Waals surface area contributed by atoms with Crippen LogP contribution in [0.3, 0.4) is 0 Å².